The molecule has 0 saturated carbocycles. The molecule has 7 nitrogen and oxygen atoms in total. The number of nitrogens with zero attached hydrogens (tertiary/aromatic N) is 2. The van der Waals surface area contributed by atoms with Gasteiger partial charge in [-0.15, -0.1) is 0 Å². The molecule has 0 bridgehead atoms. The summed E-state index contributed by atoms with van der Waals surface area (Å²) in [6.45, 7) is 3.01. The van der Waals surface area contributed by atoms with Crippen LogP contribution in [0.15, 0.2) is 24.3 Å². The second-order valence-electron chi connectivity index (χ2n) is 5.66. The van der Waals surface area contributed by atoms with Crippen LogP contribution in [0.3, 0.4) is 0 Å². The fraction of sp³-hybridized carbons (Fsp3) is 0.438. The number of carboxylic acids is 1. The molecule has 1 aromatic rings. The van der Waals surface area contributed by atoms with Gasteiger partial charge in [-0.05, 0) is 37.6 Å². The maximum Gasteiger partial charge on any atom is 0.321 e. The second kappa shape index (κ2) is 8.01. The number of benzene rings is 1. The molecular weight excluding hydrogens is 334 g/mol. The number of aliphatic carboxylic acids is 1. The summed E-state index contributed by atoms with van der Waals surface area (Å²) in [7, 11) is 0. The molecule has 0 aromatic heterocycles. The molecule has 8 heteroatoms. The molecule has 1 aromatic carbocycles. The lowest BCUT2D eigenvalue weighted by molar-refractivity contribution is -0.150. The van der Waals surface area contributed by atoms with Crippen molar-refractivity contribution in [3.8, 4) is 0 Å². The Morgan fingerprint density at radius 3 is 2.29 bits per heavy atom. The Morgan fingerprint density at radius 2 is 1.67 bits per heavy atom. The Labute approximate surface area is 145 Å². The minimum absolute atomic E-state index is 0.252. The van der Waals surface area contributed by atoms with Crippen molar-refractivity contribution in [1.29, 1.82) is 0 Å². The number of carbonyl (C=O) groups excluding carboxylic acids is 2. The van der Waals surface area contributed by atoms with Gasteiger partial charge in [-0.25, -0.2) is 4.79 Å². The molecule has 1 unspecified atom stereocenters. The van der Waals surface area contributed by atoms with Gasteiger partial charge < -0.3 is 20.2 Å². The molecule has 1 aliphatic heterocycles. The SMILES string of the molecule is CC(C(=O)O)C(=O)N1CCCN(C(=O)Nc2ccc(Cl)cc2)CC1. The largest absolute Gasteiger partial charge is 0.481 e. The Kier molecular flexibility index (Phi) is 6.03. The van der Waals surface area contributed by atoms with Gasteiger partial charge in [0.05, 0.1) is 0 Å². The van der Waals surface area contributed by atoms with Gasteiger partial charge in [-0.1, -0.05) is 11.6 Å². The number of hydrogen-bond acceptors (Lipinski definition) is 3. The number of amides is 3. The van der Waals surface area contributed by atoms with Crippen LogP contribution >= 0.6 is 11.6 Å². The minimum Gasteiger partial charge on any atom is -0.481 e. The fourth-order valence-corrected chi connectivity index (χ4v) is 2.58. The zero-order valence-corrected chi connectivity index (χ0v) is 14.1. The normalized spacial score (nSPS) is 16.2. The van der Waals surface area contributed by atoms with Crippen LogP contribution in [0.1, 0.15) is 13.3 Å². The predicted molar refractivity (Wildman–Crippen MR) is 90.0 cm³/mol. The second-order valence-corrected chi connectivity index (χ2v) is 6.10. The highest BCUT2D eigenvalue weighted by Gasteiger charge is 2.28. The molecule has 3 amide bonds. The third-order valence-corrected chi connectivity index (χ3v) is 4.18. The Bertz CT molecular complexity index is 620. The summed E-state index contributed by atoms with van der Waals surface area (Å²) in [5.41, 5.74) is 0.640. The molecule has 0 aliphatic carbocycles. The van der Waals surface area contributed by atoms with Gasteiger partial charge in [0, 0.05) is 36.9 Å². The monoisotopic (exact) mass is 353 g/mol. The number of nitrogens with one attached hydrogen (secondary N) is 1. The van der Waals surface area contributed by atoms with E-state index in [1.807, 2.05) is 0 Å². The molecule has 1 fully saturated rings. The van der Waals surface area contributed by atoms with E-state index in [0.29, 0.717) is 43.3 Å². The first-order valence-corrected chi connectivity index (χ1v) is 8.09. The number of rotatable bonds is 3. The van der Waals surface area contributed by atoms with Gasteiger partial charge in [0.2, 0.25) is 5.91 Å². The summed E-state index contributed by atoms with van der Waals surface area (Å²) in [5.74, 6) is -2.62. The molecule has 1 atom stereocenters. The van der Waals surface area contributed by atoms with E-state index in [9.17, 15) is 14.4 Å². The summed E-state index contributed by atoms with van der Waals surface area (Å²) >= 11 is 5.81. The third kappa shape index (κ3) is 4.61. The minimum atomic E-state index is -1.14. The number of hydrogen-bond donors (Lipinski definition) is 2. The van der Waals surface area contributed by atoms with Crippen molar-refractivity contribution in [1.82, 2.24) is 9.80 Å². The summed E-state index contributed by atoms with van der Waals surface area (Å²) in [6, 6.07) is 6.55. The van der Waals surface area contributed by atoms with Gasteiger partial charge in [0.25, 0.3) is 0 Å². The lowest BCUT2D eigenvalue weighted by atomic mass is 10.1. The molecule has 1 heterocycles. The first-order valence-electron chi connectivity index (χ1n) is 7.71. The van der Waals surface area contributed by atoms with E-state index < -0.39 is 17.8 Å². The highest BCUT2D eigenvalue weighted by molar-refractivity contribution is 6.30. The molecule has 1 saturated heterocycles. The Morgan fingerprint density at radius 1 is 1.08 bits per heavy atom. The van der Waals surface area contributed by atoms with Crippen molar-refractivity contribution >= 4 is 35.2 Å². The maximum atomic E-state index is 12.3. The quantitative estimate of drug-likeness (QED) is 0.814. The van der Waals surface area contributed by atoms with Crippen molar-refractivity contribution < 1.29 is 19.5 Å². The molecule has 24 heavy (non-hydrogen) atoms. The summed E-state index contributed by atoms with van der Waals surface area (Å²) < 4.78 is 0. The van der Waals surface area contributed by atoms with Gasteiger partial charge in [0.15, 0.2) is 0 Å². The van der Waals surface area contributed by atoms with Crippen molar-refractivity contribution in [2.75, 3.05) is 31.5 Å². The van der Waals surface area contributed by atoms with E-state index in [-0.39, 0.29) is 6.03 Å². The number of halogens is 1. The third-order valence-electron chi connectivity index (χ3n) is 3.93. The summed E-state index contributed by atoms with van der Waals surface area (Å²) in [5, 5.41) is 12.3. The van der Waals surface area contributed by atoms with Crippen molar-refractivity contribution in [3.05, 3.63) is 29.3 Å². The van der Waals surface area contributed by atoms with Crippen LogP contribution in [-0.2, 0) is 9.59 Å². The Hall–Kier alpha value is -2.28. The van der Waals surface area contributed by atoms with Crippen molar-refractivity contribution in [2.24, 2.45) is 5.92 Å². The first kappa shape index (κ1) is 18.1. The number of urea groups is 1. The molecule has 2 rings (SSSR count). The van der Waals surface area contributed by atoms with Crippen molar-refractivity contribution in [3.63, 3.8) is 0 Å². The van der Waals surface area contributed by atoms with Crippen LogP contribution in [0, 0.1) is 5.92 Å². The highest BCUT2D eigenvalue weighted by atomic mass is 35.5. The van der Waals surface area contributed by atoms with E-state index in [1.165, 1.54) is 11.8 Å². The molecule has 130 valence electrons. The van der Waals surface area contributed by atoms with Crippen LogP contribution < -0.4 is 5.32 Å². The van der Waals surface area contributed by atoms with E-state index in [2.05, 4.69) is 5.32 Å². The maximum absolute atomic E-state index is 12.3. The lowest BCUT2D eigenvalue weighted by Gasteiger charge is -2.23. The number of carboxylic acid groups (broad SMARTS) is 1. The van der Waals surface area contributed by atoms with Crippen LogP contribution in [-0.4, -0.2) is 59.0 Å². The van der Waals surface area contributed by atoms with Crippen LogP contribution in [0.2, 0.25) is 5.02 Å². The first-order chi connectivity index (χ1) is 11.4. The topological polar surface area (TPSA) is 90.0 Å². The summed E-state index contributed by atoms with van der Waals surface area (Å²) in [4.78, 5) is 38.5. The fourth-order valence-electron chi connectivity index (χ4n) is 2.46. The standard InChI is InChI=1S/C16H20ClN3O4/c1-11(15(22)23)14(21)19-7-2-8-20(10-9-19)16(24)18-13-5-3-12(17)4-6-13/h3-6,11H,2,7-10H2,1H3,(H,18,24)(H,22,23). The number of carbonyl (C=O) groups is 3. The van der Waals surface area contributed by atoms with E-state index >= 15 is 0 Å². The average molecular weight is 354 g/mol. The zero-order chi connectivity index (χ0) is 17.7. The van der Waals surface area contributed by atoms with Crippen LogP contribution in [0.4, 0.5) is 10.5 Å². The van der Waals surface area contributed by atoms with Crippen LogP contribution in [0.5, 0.6) is 0 Å². The van der Waals surface area contributed by atoms with Gasteiger partial charge in [-0.3, -0.25) is 9.59 Å². The van der Waals surface area contributed by atoms with Crippen LogP contribution in [0.25, 0.3) is 0 Å². The smallest absolute Gasteiger partial charge is 0.321 e. The van der Waals surface area contributed by atoms with Gasteiger partial charge >= 0.3 is 12.0 Å². The zero-order valence-electron chi connectivity index (χ0n) is 13.4. The van der Waals surface area contributed by atoms with Crippen molar-refractivity contribution in [2.45, 2.75) is 13.3 Å². The Balaban J connectivity index is 1.92. The van der Waals surface area contributed by atoms with Gasteiger partial charge in [0.1, 0.15) is 5.92 Å². The van der Waals surface area contributed by atoms with E-state index in [0.717, 1.165) is 0 Å². The molecular formula is C16H20ClN3O4. The average Bonchev–Trinajstić information content (AvgIpc) is 2.81. The van der Waals surface area contributed by atoms with E-state index in [1.54, 1.807) is 29.2 Å². The van der Waals surface area contributed by atoms with Gasteiger partial charge in [-0.2, -0.15) is 0 Å². The summed E-state index contributed by atoms with van der Waals surface area (Å²) in [6.07, 6.45) is 0.603. The predicted octanol–water partition coefficient (Wildman–Crippen LogP) is 2.13. The number of anilines is 1. The molecule has 2 N–H and O–H groups in total. The molecule has 0 radical (unpaired) electrons. The molecule has 1 aliphatic rings. The lowest BCUT2D eigenvalue weighted by Crippen LogP contribution is -2.42. The highest BCUT2D eigenvalue weighted by Crippen LogP contribution is 2.15. The van der Waals surface area contributed by atoms with E-state index in [4.69, 9.17) is 16.7 Å². The molecule has 0 spiro atoms.